The standard InChI is InChI=1S/C12H11NO.CH5N/c1-8-5-9(2)13-12-4-3-10(7-14)6-11(8)12;1-2/h3-7H,1-2H3;2H2,1H3. The number of nitrogens with zero attached hydrogens (tertiary/aromatic N) is 1. The molecule has 0 aliphatic heterocycles. The van der Waals surface area contributed by atoms with Gasteiger partial charge in [-0.25, -0.2) is 0 Å². The van der Waals surface area contributed by atoms with Crippen molar-refractivity contribution in [3.05, 3.63) is 41.1 Å². The van der Waals surface area contributed by atoms with Gasteiger partial charge in [0.05, 0.1) is 5.52 Å². The van der Waals surface area contributed by atoms with Gasteiger partial charge in [-0.1, -0.05) is 0 Å². The van der Waals surface area contributed by atoms with Crippen molar-refractivity contribution in [1.82, 2.24) is 4.98 Å². The molecule has 0 saturated heterocycles. The highest BCUT2D eigenvalue weighted by atomic mass is 16.1. The molecule has 0 bridgehead atoms. The minimum Gasteiger partial charge on any atom is -0.333 e. The van der Waals surface area contributed by atoms with Crippen molar-refractivity contribution in [3.8, 4) is 0 Å². The van der Waals surface area contributed by atoms with Crippen LogP contribution in [-0.2, 0) is 0 Å². The fourth-order valence-electron chi connectivity index (χ4n) is 1.65. The number of nitrogens with two attached hydrogens (primary N) is 1. The van der Waals surface area contributed by atoms with Crippen LogP contribution in [0.25, 0.3) is 10.9 Å². The molecule has 0 aliphatic carbocycles. The van der Waals surface area contributed by atoms with Crippen molar-refractivity contribution >= 4 is 17.2 Å². The van der Waals surface area contributed by atoms with Crippen molar-refractivity contribution in [2.45, 2.75) is 13.8 Å². The van der Waals surface area contributed by atoms with Gasteiger partial charge in [-0.3, -0.25) is 9.78 Å². The van der Waals surface area contributed by atoms with Crippen LogP contribution >= 0.6 is 0 Å². The number of aldehydes is 1. The van der Waals surface area contributed by atoms with E-state index in [1.165, 1.54) is 7.05 Å². The first-order valence-corrected chi connectivity index (χ1v) is 5.11. The summed E-state index contributed by atoms with van der Waals surface area (Å²) in [7, 11) is 1.50. The maximum absolute atomic E-state index is 10.6. The highest BCUT2D eigenvalue weighted by molar-refractivity contribution is 5.88. The number of hydrogen-bond acceptors (Lipinski definition) is 3. The Morgan fingerprint density at radius 3 is 2.50 bits per heavy atom. The molecule has 0 amide bonds. The molecule has 1 aromatic carbocycles. The molecular formula is C13H16N2O. The third kappa shape index (κ3) is 2.44. The van der Waals surface area contributed by atoms with Crippen LogP contribution in [0.5, 0.6) is 0 Å². The monoisotopic (exact) mass is 216 g/mol. The molecule has 3 heteroatoms. The molecule has 84 valence electrons. The molecule has 0 unspecified atom stereocenters. The first-order chi connectivity index (χ1) is 7.70. The summed E-state index contributed by atoms with van der Waals surface area (Å²) in [5.74, 6) is 0. The number of fused-ring (bicyclic) bond motifs is 1. The zero-order valence-corrected chi connectivity index (χ0v) is 9.82. The van der Waals surface area contributed by atoms with E-state index in [9.17, 15) is 4.79 Å². The summed E-state index contributed by atoms with van der Waals surface area (Å²) in [4.78, 5) is 15.0. The summed E-state index contributed by atoms with van der Waals surface area (Å²) in [5.41, 5.74) is 8.32. The van der Waals surface area contributed by atoms with Crippen LogP contribution < -0.4 is 5.73 Å². The average molecular weight is 216 g/mol. The molecule has 3 nitrogen and oxygen atoms in total. The maximum Gasteiger partial charge on any atom is 0.150 e. The highest BCUT2D eigenvalue weighted by Gasteiger charge is 2.01. The smallest absolute Gasteiger partial charge is 0.150 e. The zero-order valence-electron chi connectivity index (χ0n) is 9.82. The van der Waals surface area contributed by atoms with Crippen molar-refractivity contribution in [2.75, 3.05) is 7.05 Å². The van der Waals surface area contributed by atoms with E-state index in [0.717, 1.165) is 28.4 Å². The second kappa shape index (κ2) is 5.37. The van der Waals surface area contributed by atoms with Gasteiger partial charge < -0.3 is 5.73 Å². The number of carbonyl (C=O) groups is 1. The highest BCUT2D eigenvalue weighted by Crippen LogP contribution is 2.18. The second-order valence-electron chi connectivity index (χ2n) is 3.47. The zero-order chi connectivity index (χ0) is 12.1. The lowest BCUT2D eigenvalue weighted by Crippen LogP contribution is -1.89. The molecule has 2 aromatic rings. The van der Waals surface area contributed by atoms with Crippen molar-refractivity contribution in [2.24, 2.45) is 5.73 Å². The number of carbonyl (C=O) groups excluding carboxylic acids is 1. The van der Waals surface area contributed by atoms with Crippen LogP contribution in [0.4, 0.5) is 0 Å². The van der Waals surface area contributed by atoms with Gasteiger partial charge in [0.1, 0.15) is 6.29 Å². The summed E-state index contributed by atoms with van der Waals surface area (Å²) >= 11 is 0. The molecular weight excluding hydrogens is 200 g/mol. The summed E-state index contributed by atoms with van der Waals surface area (Å²) in [5, 5.41) is 1.06. The van der Waals surface area contributed by atoms with Crippen LogP contribution in [0.15, 0.2) is 24.3 Å². The quantitative estimate of drug-likeness (QED) is 0.744. The third-order valence-corrected chi connectivity index (χ3v) is 2.30. The van der Waals surface area contributed by atoms with E-state index in [0.29, 0.717) is 5.56 Å². The van der Waals surface area contributed by atoms with Gasteiger partial charge in [0.15, 0.2) is 0 Å². The Balaban J connectivity index is 0.000000606. The topological polar surface area (TPSA) is 56.0 Å². The van der Waals surface area contributed by atoms with Gasteiger partial charge in [0.25, 0.3) is 0 Å². The van der Waals surface area contributed by atoms with Gasteiger partial charge in [-0.15, -0.1) is 0 Å². The van der Waals surface area contributed by atoms with Gasteiger partial charge in [-0.05, 0) is 50.7 Å². The normalized spacial score (nSPS) is 9.50. The van der Waals surface area contributed by atoms with E-state index in [4.69, 9.17) is 0 Å². The number of aryl methyl sites for hydroxylation is 2. The lowest BCUT2D eigenvalue weighted by Gasteiger charge is -2.03. The Hall–Kier alpha value is -1.74. The van der Waals surface area contributed by atoms with E-state index in [1.807, 2.05) is 32.0 Å². The van der Waals surface area contributed by atoms with Crippen LogP contribution in [0.3, 0.4) is 0 Å². The summed E-state index contributed by atoms with van der Waals surface area (Å²) in [6.07, 6.45) is 0.860. The Kier molecular flexibility index (Phi) is 4.14. The van der Waals surface area contributed by atoms with Crippen LogP contribution in [-0.4, -0.2) is 18.3 Å². The Bertz CT molecular complexity index is 507. The number of pyridine rings is 1. The lowest BCUT2D eigenvalue weighted by atomic mass is 10.1. The van der Waals surface area contributed by atoms with Crippen molar-refractivity contribution < 1.29 is 4.79 Å². The van der Waals surface area contributed by atoms with Crippen LogP contribution in [0.2, 0.25) is 0 Å². The molecule has 16 heavy (non-hydrogen) atoms. The van der Waals surface area contributed by atoms with E-state index < -0.39 is 0 Å². The number of benzene rings is 1. The molecule has 0 atom stereocenters. The Labute approximate surface area is 95.3 Å². The molecule has 0 fully saturated rings. The van der Waals surface area contributed by atoms with E-state index in [-0.39, 0.29) is 0 Å². The van der Waals surface area contributed by atoms with E-state index in [2.05, 4.69) is 10.7 Å². The summed E-state index contributed by atoms with van der Waals surface area (Å²) < 4.78 is 0. The first kappa shape index (κ1) is 12.3. The minimum absolute atomic E-state index is 0.700. The molecule has 2 N–H and O–H groups in total. The lowest BCUT2D eigenvalue weighted by molar-refractivity contribution is 0.112. The summed E-state index contributed by atoms with van der Waals surface area (Å²) in [6, 6.07) is 7.58. The van der Waals surface area contributed by atoms with E-state index in [1.54, 1.807) is 6.07 Å². The molecule has 0 aliphatic rings. The predicted octanol–water partition coefficient (Wildman–Crippen LogP) is 2.24. The van der Waals surface area contributed by atoms with Gasteiger partial charge >= 0.3 is 0 Å². The average Bonchev–Trinajstić information content (AvgIpc) is 2.31. The molecule has 1 aromatic heterocycles. The minimum atomic E-state index is 0.700. The van der Waals surface area contributed by atoms with E-state index >= 15 is 0 Å². The van der Waals surface area contributed by atoms with Crippen molar-refractivity contribution in [3.63, 3.8) is 0 Å². The van der Waals surface area contributed by atoms with Gasteiger partial charge in [0.2, 0.25) is 0 Å². The molecule has 0 spiro atoms. The first-order valence-electron chi connectivity index (χ1n) is 5.11. The van der Waals surface area contributed by atoms with Crippen molar-refractivity contribution in [1.29, 1.82) is 0 Å². The Morgan fingerprint density at radius 2 is 1.88 bits per heavy atom. The van der Waals surface area contributed by atoms with Gasteiger partial charge in [-0.2, -0.15) is 0 Å². The summed E-state index contributed by atoms with van der Waals surface area (Å²) in [6.45, 7) is 4.01. The number of hydrogen-bond donors (Lipinski definition) is 1. The third-order valence-electron chi connectivity index (χ3n) is 2.30. The SMILES string of the molecule is CN.Cc1cc(C)c2cc(C=O)ccc2n1. The molecule has 0 radical (unpaired) electrons. The fourth-order valence-corrected chi connectivity index (χ4v) is 1.65. The van der Waals surface area contributed by atoms with Crippen LogP contribution in [0, 0.1) is 13.8 Å². The second-order valence-corrected chi connectivity index (χ2v) is 3.47. The number of rotatable bonds is 1. The molecule has 0 saturated carbocycles. The largest absolute Gasteiger partial charge is 0.333 e. The number of aromatic nitrogens is 1. The molecule has 1 heterocycles. The molecule has 2 rings (SSSR count). The maximum atomic E-state index is 10.6. The predicted molar refractivity (Wildman–Crippen MR) is 66.7 cm³/mol. The van der Waals surface area contributed by atoms with Gasteiger partial charge in [0, 0.05) is 16.6 Å². The Morgan fingerprint density at radius 1 is 1.19 bits per heavy atom. The van der Waals surface area contributed by atoms with Crippen LogP contribution in [0.1, 0.15) is 21.6 Å². The fraction of sp³-hybridized carbons (Fsp3) is 0.231.